The Hall–Kier alpha value is -0.900. The molecule has 0 saturated carbocycles. The van der Waals surface area contributed by atoms with E-state index in [-0.39, 0.29) is 19.0 Å². The zero-order valence-corrected chi connectivity index (χ0v) is 8.79. The molecule has 0 atom stereocenters. The Morgan fingerprint density at radius 1 is 1.33 bits per heavy atom. The van der Waals surface area contributed by atoms with Crippen molar-refractivity contribution in [2.45, 2.75) is 6.42 Å². The van der Waals surface area contributed by atoms with Gasteiger partial charge in [-0.3, -0.25) is 4.79 Å². The Morgan fingerprint density at radius 2 is 2.00 bits per heavy atom. The molecule has 1 aliphatic carbocycles. The van der Waals surface area contributed by atoms with Crippen LogP contribution in [0, 0.1) is 5.41 Å². The lowest BCUT2D eigenvalue weighted by molar-refractivity contribution is 0.0456. The molecule has 0 fully saturated rings. The molecule has 0 aliphatic heterocycles. The number of aliphatic hydroxyl groups excluding tert-OH is 2. The topological polar surface area (TPSA) is 57.5 Å². The van der Waals surface area contributed by atoms with Gasteiger partial charge in [0, 0.05) is 10.6 Å². The van der Waals surface area contributed by atoms with E-state index < -0.39 is 5.41 Å². The van der Waals surface area contributed by atoms with Gasteiger partial charge in [-0.15, -0.1) is 0 Å². The van der Waals surface area contributed by atoms with Gasteiger partial charge in [0.25, 0.3) is 0 Å². The highest BCUT2D eigenvalue weighted by molar-refractivity contribution is 6.30. The molecule has 2 N–H and O–H groups in total. The number of hydrogen-bond donors (Lipinski definition) is 2. The molecular weight excluding hydrogens is 216 g/mol. The lowest BCUT2D eigenvalue weighted by atomic mass is 9.86. The molecule has 4 heteroatoms. The molecule has 0 amide bonds. The molecule has 1 aromatic rings. The Bertz CT molecular complexity index is 410. The van der Waals surface area contributed by atoms with Gasteiger partial charge in [0.2, 0.25) is 0 Å². The van der Waals surface area contributed by atoms with Crippen molar-refractivity contribution in [1.82, 2.24) is 0 Å². The maximum absolute atomic E-state index is 11.9. The number of rotatable bonds is 2. The smallest absolute Gasteiger partial charge is 0.174 e. The third-order valence-electron chi connectivity index (χ3n) is 2.93. The summed E-state index contributed by atoms with van der Waals surface area (Å²) in [7, 11) is 0. The van der Waals surface area contributed by atoms with Crippen LogP contribution in [0.25, 0.3) is 0 Å². The summed E-state index contributed by atoms with van der Waals surface area (Å²) in [4.78, 5) is 11.9. The summed E-state index contributed by atoms with van der Waals surface area (Å²) in [6.45, 7) is -0.677. The monoisotopic (exact) mass is 226 g/mol. The third-order valence-corrected chi connectivity index (χ3v) is 3.16. The maximum atomic E-state index is 11.9. The molecule has 0 bridgehead atoms. The van der Waals surface area contributed by atoms with E-state index in [1.807, 2.05) is 0 Å². The quantitative estimate of drug-likeness (QED) is 0.793. The number of hydrogen-bond acceptors (Lipinski definition) is 3. The van der Waals surface area contributed by atoms with Crippen LogP contribution in [0.1, 0.15) is 15.9 Å². The zero-order chi connectivity index (χ0) is 11.1. The van der Waals surface area contributed by atoms with E-state index in [2.05, 4.69) is 0 Å². The Labute approximate surface area is 92.3 Å². The van der Waals surface area contributed by atoms with Gasteiger partial charge >= 0.3 is 0 Å². The van der Waals surface area contributed by atoms with Gasteiger partial charge in [-0.1, -0.05) is 11.6 Å². The second kappa shape index (κ2) is 3.59. The van der Waals surface area contributed by atoms with E-state index in [4.69, 9.17) is 11.6 Å². The standard InChI is InChI=1S/C11H11ClO3/c12-8-1-2-9-7(3-8)4-11(5-13,6-14)10(9)15/h1-3,13-14H,4-6H2. The van der Waals surface area contributed by atoms with Crippen molar-refractivity contribution >= 4 is 17.4 Å². The highest BCUT2D eigenvalue weighted by atomic mass is 35.5. The maximum Gasteiger partial charge on any atom is 0.174 e. The average molecular weight is 227 g/mol. The van der Waals surface area contributed by atoms with Gasteiger partial charge in [-0.05, 0) is 30.2 Å². The van der Waals surface area contributed by atoms with Crippen LogP contribution >= 0.6 is 11.6 Å². The molecule has 0 radical (unpaired) electrons. The minimum Gasteiger partial charge on any atom is -0.395 e. The number of Topliss-reactive ketones (excluding diaryl/α,β-unsaturated/α-hetero) is 1. The lowest BCUT2D eigenvalue weighted by Gasteiger charge is -2.20. The normalized spacial score (nSPS) is 17.9. The molecule has 1 aliphatic rings. The van der Waals surface area contributed by atoms with Crippen molar-refractivity contribution in [2.75, 3.05) is 13.2 Å². The summed E-state index contributed by atoms with van der Waals surface area (Å²) in [5, 5.41) is 19.0. The van der Waals surface area contributed by atoms with Crippen molar-refractivity contribution in [1.29, 1.82) is 0 Å². The summed E-state index contributed by atoms with van der Waals surface area (Å²) >= 11 is 5.81. The van der Waals surface area contributed by atoms with Crippen LogP contribution in [0.15, 0.2) is 18.2 Å². The summed E-state index contributed by atoms with van der Waals surface area (Å²) < 4.78 is 0. The molecule has 15 heavy (non-hydrogen) atoms. The van der Waals surface area contributed by atoms with Crippen LogP contribution in [-0.4, -0.2) is 29.2 Å². The minimum atomic E-state index is -1.05. The van der Waals surface area contributed by atoms with E-state index in [9.17, 15) is 15.0 Å². The fourth-order valence-electron chi connectivity index (χ4n) is 1.97. The molecule has 0 aromatic heterocycles. The molecule has 2 rings (SSSR count). The van der Waals surface area contributed by atoms with Crippen LogP contribution in [0.5, 0.6) is 0 Å². The molecule has 0 spiro atoms. The first-order chi connectivity index (χ1) is 7.13. The van der Waals surface area contributed by atoms with Gasteiger partial charge in [-0.2, -0.15) is 0 Å². The van der Waals surface area contributed by atoms with E-state index in [1.165, 1.54) is 0 Å². The van der Waals surface area contributed by atoms with Crippen molar-refractivity contribution in [2.24, 2.45) is 5.41 Å². The van der Waals surface area contributed by atoms with Gasteiger partial charge < -0.3 is 10.2 Å². The predicted octanol–water partition coefficient (Wildman–Crippen LogP) is 1.05. The second-order valence-corrected chi connectivity index (χ2v) is 4.34. The fraction of sp³-hybridized carbons (Fsp3) is 0.364. The lowest BCUT2D eigenvalue weighted by Crippen LogP contribution is -2.36. The van der Waals surface area contributed by atoms with E-state index in [0.29, 0.717) is 17.0 Å². The van der Waals surface area contributed by atoms with Gasteiger partial charge in [0.05, 0.1) is 18.6 Å². The first-order valence-corrected chi connectivity index (χ1v) is 5.06. The van der Waals surface area contributed by atoms with E-state index in [0.717, 1.165) is 5.56 Å². The van der Waals surface area contributed by atoms with Crippen molar-refractivity contribution in [3.63, 3.8) is 0 Å². The van der Waals surface area contributed by atoms with Gasteiger partial charge in [-0.25, -0.2) is 0 Å². The summed E-state index contributed by atoms with van der Waals surface area (Å²) in [5.74, 6) is -0.195. The largest absolute Gasteiger partial charge is 0.395 e. The SMILES string of the molecule is O=C1c2ccc(Cl)cc2CC1(CO)CO. The Kier molecular flexibility index (Phi) is 2.54. The number of aliphatic hydroxyl groups is 2. The first-order valence-electron chi connectivity index (χ1n) is 4.68. The van der Waals surface area contributed by atoms with Gasteiger partial charge in [0.15, 0.2) is 5.78 Å². The predicted molar refractivity (Wildman–Crippen MR) is 56.1 cm³/mol. The first kappa shape index (κ1) is 10.6. The molecule has 80 valence electrons. The molecule has 0 saturated heterocycles. The van der Waals surface area contributed by atoms with Gasteiger partial charge in [0.1, 0.15) is 0 Å². The van der Waals surface area contributed by atoms with E-state index >= 15 is 0 Å². The number of ketones is 1. The average Bonchev–Trinajstić information content (AvgIpc) is 2.52. The zero-order valence-electron chi connectivity index (χ0n) is 8.03. The summed E-state index contributed by atoms with van der Waals surface area (Å²) in [5.41, 5.74) is 0.311. The molecule has 0 unspecified atom stereocenters. The summed E-state index contributed by atoms with van der Waals surface area (Å²) in [6.07, 6.45) is 0.356. The summed E-state index contributed by atoms with van der Waals surface area (Å²) in [6, 6.07) is 5.00. The highest BCUT2D eigenvalue weighted by Crippen LogP contribution is 2.37. The number of benzene rings is 1. The van der Waals surface area contributed by atoms with Crippen molar-refractivity contribution in [3.05, 3.63) is 34.3 Å². The minimum absolute atomic E-state index is 0.195. The Morgan fingerprint density at radius 3 is 2.60 bits per heavy atom. The molecular formula is C11H11ClO3. The fourth-order valence-corrected chi connectivity index (χ4v) is 2.16. The van der Waals surface area contributed by atoms with E-state index in [1.54, 1.807) is 18.2 Å². The second-order valence-electron chi connectivity index (χ2n) is 3.90. The van der Waals surface area contributed by atoms with Crippen LogP contribution in [0.2, 0.25) is 5.02 Å². The van der Waals surface area contributed by atoms with Crippen LogP contribution in [-0.2, 0) is 6.42 Å². The molecule has 1 aromatic carbocycles. The van der Waals surface area contributed by atoms with Crippen molar-refractivity contribution in [3.8, 4) is 0 Å². The van der Waals surface area contributed by atoms with Crippen LogP contribution in [0.4, 0.5) is 0 Å². The third kappa shape index (κ3) is 1.47. The van der Waals surface area contributed by atoms with Crippen LogP contribution in [0.3, 0.4) is 0 Å². The number of carbonyl (C=O) groups excluding carboxylic acids is 1. The molecule has 3 nitrogen and oxygen atoms in total. The highest BCUT2D eigenvalue weighted by Gasteiger charge is 2.44. The number of carbonyl (C=O) groups is 1. The van der Waals surface area contributed by atoms with Crippen LogP contribution < -0.4 is 0 Å². The Balaban J connectivity index is 2.49. The molecule has 0 heterocycles. The van der Waals surface area contributed by atoms with Crippen molar-refractivity contribution < 1.29 is 15.0 Å². The number of fused-ring (bicyclic) bond motifs is 1. The number of halogens is 1.